The van der Waals surface area contributed by atoms with E-state index >= 15 is 0 Å². The first-order valence-corrected chi connectivity index (χ1v) is 10.8. The Morgan fingerprint density at radius 3 is 2.43 bits per heavy atom. The summed E-state index contributed by atoms with van der Waals surface area (Å²) in [5.74, 6) is -1.70. The standard InChI is InChI=1S/C23H17Cl2NO3S/c1-12-5-8-17(13(2)10-12)26-20(18-4-3-9-30-18)19(22(28)23(26)29)21(27)14-6-7-15(24)16(25)11-14/h3-11,20,27H,1-2H3/b21-19-. The lowest BCUT2D eigenvalue weighted by Crippen LogP contribution is -2.29. The lowest BCUT2D eigenvalue weighted by molar-refractivity contribution is -0.132. The van der Waals surface area contributed by atoms with Gasteiger partial charge in [-0.2, -0.15) is 0 Å². The number of anilines is 1. The van der Waals surface area contributed by atoms with Crippen molar-refractivity contribution in [3.05, 3.63) is 91.1 Å². The van der Waals surface area contributed by atoms with Gasteiger partial charge in [-0.3, -0.25) is 14.5 Å². The highest BCUT2D eigenvalue weighted by molar-refractivity contribution is 7.10. The summed E-state index contributed by atoms with van der Waals surface area (Å²) in [4.78, 5) is 28.4. The Labute approximate surface area is 188 Å². The minimum absolute atomic E-state index is 0.0285. The van der Waals surface area contributed by atoms with Crippen LogP contribution in [0, 0.1) is 13.8 Å². The van der Waals surface area contributed by atoms with Gasteiger partial charge in [-0.1, -0.05) is 47.0 Å². The first kappa shape index (κ1) is 20.7. The second kappa shape index (κ2) is 7.91. The van der Waals surface area contributed by atoms with Crippen LogP contribution in [0.2, 0.25) is 10.0 Å². The van der Waals surface area contributed by atoms with E-state index in [0.29, 0.717) is 16.3 Å². The van der Waals surface area contributed by atoms with Crippen molar-refractivity contribution in [3.63, 3.8) is 0 Å². The third-order valence-corrected chi connectivity index (χ3v) is 6.73. The van der Waals surface area contributed by atoms with E-state index in [0.717, 1.165) is 16.0 Å². The average Bonchev–Trinajstić information content (AvgIpc) is 3.31. The molecule has 0 saturated carbocycles. The Balaban J connectivity index is 1.95. The summed E-state index contributed by atoms with van der Waals surface area (Å²) in [5, 5.41) is 13.5. The van der Waals surface area contributed by atoms with Gasteiger partial charge in [0.05, 0.1) is 15.6 Å². The molecule has 0 radical (unpaired) electrons. The van der Waals surface area contributed by atoms with Crippen LogP contribution in [0.15, 0.2) is 59.5 Å². The topological polar surface area (TPSA) is 57.6 Å². The smallest absolute Gasteiger partial charge is 0.300 e. The Morgan fingerprint density at radius 2 is 1.80 bits per heavy atom. The number of nitrogens with zero attached hydrogens (tertiary/aromatic N) is 1. The molecular formula is C23H17Cl2NO3S. The maximum atomic E-state index is 13.1. The van der Waals surface area contributed by atoms with Gasteiger partial charge < -0.3 is 5.11 Å². The number of aliphatic hydroxyl groups excluding tert-OH is 1. The van der Waals surface area contributed by atoms with Crippen molar-refractivity contribution in [1.29, 1.82) is 0 Å². The average molecular weight is 458 g/mol. The number of ketones is 1. The second-order valence-electron chi connectivity index (χ2n) is 7.10. The summed E-state index contributed by atoms with van der Waals surface area (Å²) in [6.45, 7) is 3.86. The number of Topliss-reactive ketones (excluding diaryl/α,β-unsaturated/α-hetero) is 1. The van der Waals surface area contributed by atoms with Crippen molar-refractivity contribution >= 4 is 57.7 Å². The van der Waals surface area contributed by atoms with Gasteiger partial charge in [0.1, 0.15) is 11.8 Å². The molecule has 1 N–H and O–H groups in total. The number of aliphatic hydroxyl groups is 1. The van der Waals surface area contributed by atoms with Crippen LogP contribution in [0.25, 0.3) is 5.76 Å². The summed E-state index contributed by atoms with van der Waals surface area (Å²) in [6, 6.07) is 13.2. The second-order valence-corrected chi connectivity index (χ2v) is 8.90. The Kier molecular flexibility index (Phi) is 5.45. The lowest BCUT2D eigenvalue weighted by atomic mass is 9.99. The molecule has 1 aliphatic heterocycles. The number of carbonyl (C=O) groups excluding carboxylic acids is 2. The highest BCUT2D eigenvalue weighted by Crippen LogP contribution is 2.44. The van der Waals surface area contributed by atoms with Crippen LogP contribution in [-0.2, 0) is 9.59 Å². The number of aryl methyl sites for hydroxylation is 2. The monoisotopic (exact) mass is 457 g/mol. The molecule has 7 heteroatoms. The van der Waals surface area contributed by atoms with Gasteiger partial charge in [0.15, 0.2) is 0 Å². The SMILES string of the molecule is Cc1ccc(N2C(=O)C(=O)/C(=C(\O)c3ccc(Cl)c(Cl)c3)C2c2cccs2)c(C)c1. The number of hydrogen-bond donors (Lipinski definition) is 1. The van der Waals surface area contributed by atoms with Gasteiger partial charge in [0, 0.05) is 16.1 Å². The molecule has 1 fully saturated rings. The molecule has 3 aromatic rings. The van der Waals surface area contributed by atoms with Crippen LogP contribution in [0.1, 0.15) is 27.6 Å². The maximum Gasteiger partial charge on any atom is 0.300 e. The molecule has 1 unspecified atom stereocenters. The fraction of sp³-hybridized carbons (Fsp3) is 0.130. The lowest BCUT2D eigenvalue weighted by Gasteiger charge is -2.26. The van der Waals surface area contributed by atoms with Gasteiger partial charge in [-0.05, 0) is 55.1 Å². The van der Waals surface area contributed by atoms with Crippen molar-refractivity contribution in [1.82, 2.24) is 0 Å². The zero-order valence-electron chi connectivity index (χ0n) is 16.1. The minimum atomic E-state index is -0.739. The fourth-order valence-corrected chi connectivity index (χ4v) is 4.79. The third kappa shape index (κ3) is 3.43. The number of benzene rings is 2. The molecule has 2 aromatic carbocycles. The highest BCUT2D eigenvalue weighted by Gasteiger charge is 2.47. The quantitative estimate of drug-likeness (QED) is 0.285. The number of rotatable bonds is 3. The summed E-state index contributed by atoms with van der Waals surface area (Å²) in [5.41, 5.74) is 2.91. The zero-order valence-corrected chi connectivity index (χ0v) is 18.5. The van der Waals surface area contributed by atoms with E-state index in [2.05, 4.69) is 0 Å². The molecule has 1 aliphatic rings. The van der Waals surface area contributed by atoms with E-state index in [1.165, 1.54) is 22.3 Å². The van der Waals surface area contributed by atoms with Gasteiger partial charge >= 0.3 is 0 Å². The third-order valence-electron chi connectivity index (χ3n) is 5.06. The summed E-state index contributed by atoms with van der Waals surface area (Å²) in [6.07, 6.45) is 0. The molecule has 30 heavy (non-hydrogen) atoms. The summed E-state index contributed by atoms with van der Waals surface area (Å²) in [7, 11) is 0. The molecule has 0 aliphatic carbocycles. The molecule has 152 valence electrons. The Bertz CT molecular complexity index is 1200. The van der Waals surface area contributed by atoms with E-state index in [9.17, 15) is 14.7 Å². The predicted octanol–water partition coefficient (Wildman–Crippen LogP) is 6.30. The molecular weight excluding hydrogens is 441 g/mol. The molecule has 0 spiro atoms. The highest BCUT2D eigenvalue weighted by atomic mass is 35.5. The van der Waals surface area contributed by atoms with E-state index in [1.54, 1.807) is 12.1 Å². The molecule has 1 aromatic heterocycles. The van der Waals surface area contributed by atoms with Crippen LogP contribution in [0.3, 0.4) is 0 Å². The van der Waals surface area contributed by atoms with Crippen LogP contribution in [0.5, 0.6) is 0 Å². The molecule has 1 saturated heterocycles. The Morgan fingerprint density at radius 1 is 1.03 bits per heavy atom. The van der Waals surface area contributed by atoms with Crippen molar-refractivity contribution in [2.75, 3.05) is 4.90 Å². The number of thiophene rings is 1. The summed E-state index contributed by atoms with van der Waals surface area (Å²) >= 11 is 13.5. The number of amides is 1. The van der Waals surface area contributed by atoms with Crippen molar-refractivity contribution in [3.8, 4) is 0 Å². The molecule has 1 amide bonds. The van der Waals surface area contributed by atoms with Crippen LogP contribution in [0.4, 0.5) is 5.69 Å². The first-order valence-electron chi connectivity index (χ1n) is 9.16. The zero-order chi connectivity index (χ0) is 21.6. The number of carbonyl (C=O) groups is 2. The molecule has 4 rings (SSSR count). The van der Waals surface area contributed by atoms with Crippen LogP contribution >= 0.6 is 34.5 Å². The van der Waals surface area contributed by atoms with Crippen molar-refractivity contribution in [2.45, 2.75) is 19.9 Å². The van der Waals surface area contributed by atoms with Crippen LogP contribution < -0.4 is 4.90 Å². The maximum absolute atomic E-state index is 13.1. The largest absolute Gasteiger partial charge is 0.507 e. The van der Waals surface area contributed by atoms with Crippen molar-refractivity contribution < 1.29 is 14.7 Å². The predicted molar refractivity (Wildman–Crippen MR) is 121 cm³/mol. The Hall–Kier alpha value is -2.60. The van der Waals surface area contributed by atoms with E-state index < -0.39 is 17.7 Å². The summed E-state index contributed by atoms with van der Waals surface area (Å²) < 4.78 is 0. The molecule has 2 heterocycles. The molecule has 1 atom stereocenters. The van der Waals surface area contributed by atoms with Gasteiger partial charge in [-0.15, -0.1) is 11.3 Å². The van der Waals surface area contributed by atoms with E-state index in [4.69, 9.17) is 23.2 Å². The van der Waals surface area contributed by atoms with Crippen LogP contribution in [-0.4, -0.2) is 16.8 Å². The van der Waals surface area contributed by atoms with Gasteiger partial charge in [-0.25, -0.2) is 0 Å². The fourth-order valence-electron chi connectivity index (χ4n) is 3.67. The van der Waals surface area contributed by atoms with E-state index in [-0.39, 0.29) is 16.4 Å². The van der Waals surface area contributed by atoms with Crippen molar-refractivity contribution in [2.24, 2.45) is 0 Å². The molecule has 0 bridgehead atoms. The van der Waals surface area contributed by atoms with Gasteiger partial charge in [0.25, 0.3) is 11.7 Å². The van der Waals surface area contributed by atoms with E-state index in [1.807, 2.05) is 49.6 Å². The molecule has 4 nitrogen and oxygen atoms in total. The number of halogens is 2. The number of hydrogen-bond acceptors (Lipinski definition) is 4. The van der Waals surface area contributed by atoms with Gasteiger partial charge in [0.2, 0.25) is 0 Å². The first-order chi connectivity index (χ1) is 14.3. The minimum Gasteiger partial charge on any atom is -0.507 e. The normalized spacial score (nSPS) is 18.3.